The van der Waals surface area contributed by atoms with E-state index in [1.165, 1.54) is 0 Å². The maximum atomic E-state index is 12.0. The molecule has 5 nitrogen and oxygen atoms in total. The Hall–Kier alpha value is -1.10. The average molecular weight is 242 g/mol. The first-order chi connectivity index (χ1) is 7.82. The summed E-state index contributed by atoms with van der Waals surface area (Å²) in [6.07, 6.45) is 0. The SMILES string of the molecule is C[C@H](NC(=O)C(C)(C)C)C(=O)N1CCOCC1. The highest BCUT2D eigenvalue weighted by atomic mass is 16.5. The van der Waals surface area contributed by atoms with E-state index in [9.17, 15) is 9.59 Å². The third-order valence-electron chi connectivity index (χ3n) is 2.72. The number of hydrogen-bond acceptors (Lipinski definition) is 3. The largest absolute Gasteiger partial charge is 0.378 e. The zero-order valence-corrected chi connectivity index (χ0v) is 11.1. The second kappa shape index (κ2) is 5.49. The van der Waals surface area contributed by atoms with Gasteiger partial charge < -0.3 is 15.0 Å². The summed E-state index contributed by atoms with van der Waals surface area (Å²) in [4.78, 5) is 25.5. The lowest BCUT2D eigenvalue weighted by molar-refractivity contribution is -0.141. The van der Waals surface area contributed by atoms with Crippen LogP contribution in [0.4, 0.5) is 0 Å². The molecule has 1 aliphatic heterocycles. The van der Waals surface area contributed by atoms with Gasteiger partial charge >= 0.3 is 0 Å². The van der Waals surface area contributed by atoms with Gasteiger partial charge in [0, 0.05) is 18.5 Å². The standard InChI is InChI=1S/C12H22N2O3/c1-9(13-11(16)12(2,3)4)10(15)14-5-7-17-8-6-14/h9H,5-8H2,1-4H3,(H,13,16)/t9-/m0/s1. The summed E-state index contributed by atoms with van der Waals surface area (Å²) >= 11 is 0. The Morgan fingerprint density at radius 2 is 1.76 bits per heavy atom. The van der Waals surface area contributed by atoms with E-state index < -0.39 is 11.5 Å². The molecule has 0 aromatic rings. The van der Waals surface area contributed by atoms with Gasteiger partial charge in [-0.05, 0) is 6.92 Å². The van der Waals surface area contributed by atoms with Gasteiger partial charge in [-0.3, -0.25) is 9.59 Å². The molecule has 1 N–H and O–H groups in total. The first kappa shape index (κ1) is 14.0. The lowest BCUT2D eigenvalue weighted by Gasteiger charge is -2.30. The molecule has 5 heteroatoms. The summed E-state index contributed by atoms with van der Waals surface area (Å²) in [6.45, 7) is 9.57. The Morgan fingerprint density at radius 1 is 1.24 bits per heavy atom. The van der Waals surface area contributed by atoms with Gasteiger partial charge in [0.25, 0.3) is 0 Å². The van der Waals surface area contributed by atoms with Crippen molar-refractivity contribution in [2.24, 2.45) is 5.41 Å². The summed E-state index contributed by atoms with van der Waals surface area (Å²) in [5.41, 5.74) is -0.473. The van der Waals surface area contributed by atoms with Gasteiger partial charge in [-0.15, -0.1) is 0 Å². The molecule has 1 aliphatic rings. The Bertz CT molecular complexity index is 291. The molecule has 98 valence electrons. The quantitative estimate of drug-likeness (QED) is 0.762. The third kappa shape index (κ3) is 4.00. The van der Waals surface area contributed by atoms with Gasteiger partial charge in [-0.2, -0.15) is 0 Å². The van der Waals surface area contributed by atoms with Crippen LogP contribution < -0.4 is 5.32 Å². The molecule has 1 saturated heterocycles. The molecule has 1 atom stereocenters. The summed E-state index contributed by atoms with van der Waals surface area (Å²) in [5.74, 6) is -0.141. The first-order valence-corrected chi connectivity index (χ1v) is 6.00. The zero-order chi connectivity index (χ0) is 13.1. The molecule has 17 heavy (non-hydrogen) atoms. The van der Waals surface area contributed by atoms with E-state index in [-0.39, 0.29) is 11.8 Å². The van der Waals surface area contributed by atoms with Gasteiger partial charge in [0.05, 0.1) is 13.2 Å². The molecule has 0 aromatic carbocycles. The van der Waals surface area contributed by atoms with Crippen molar-refractivity contribution in [1.29, 1.82) is 0 Å². The number of carbonyl (C=O) groups is 2. The van der Waals surface area contributed by atoms with Crippen molar-refractivity contribution in [2.75, 3.05) is 26.3 Å². The van der Waals surface area contributed by atoms with E-state index in [2.05, 4.69) is 5.32 Å². The van der Waals surface area contributed by atoms with Crippen LogP contribution in [0.3, 0.4) is 0 Å². The van der Waals surface area contributed by atoms with E-state index in [0.717, 1.165) is 0 Å². The highest BCUT2D eigenvalue weighted by Gasteiger charge is 2.27. The highest BCUT2D eigenvalue weighted by molar-refractivity contribution is 5.89. The van der Waals surface area contributed by atoms with Crippen molar-refractivity contribution < 1.29 is 14.3 Å². The summed E-state index contributed by atoms with van der Waals surface area (Å²) in [7, 11) is 0. The average Bonchev–Trinajstić information content (AvgIpc) is 2.27. The van der Waals surface area contributed by atoms with E-state index >= 15 is 0 Å². The van der Waals surface area contributed by atoms with Crippen molar-refractivity contribution in [1.82, 2.24) is 10.2 Å². The molecule has 1 rings (SSSR count). The number of carbonyl (C=O) groups excluding carboxylic acids is 2. The van der Waals surface area contributed by atoms with Crippen molar-refractivity contribution in [3.63, 3.8) is 0 Å². The molecule has 0 aliphatic carbocycles. The van der Waals surface area contributed by atoms with Crippen molar-refractivity contribution >= 4 is 11.8 Å². The van der Waals surface area contributed by atoms with E-state index in [0.29, 0.717) is 26.3 Å². The summed E-state index contributed by atoms with van der Waals surface area (Å²) in [6, 6.07) is -0.472. The predicted octanol–water partition coefficient (Wildman–Crippen LogP) is 0.396. The van der Waals surface area contributed by atoms with Crippen LogP contribution in [-0.2, 0) is 14.3 Å². The minimum absolute atomic E-state index is 0.0362. The zero-order valence-electron chi connectivity index (χ0n) is 11.1. The van der Waals surface area contributed by atoms with Crippen molar-refractivity contribution in [3.05, 3.63) is 0 Å². The van der Waals surface area contributed by atoms with Crippen LogP contribution in [0.1, 0.15) is 27.7 Å². The molecule has 0 unspecified atom stereocenters. The minimum Gasteiger partial charge on any atom is -0.378 e. The second-order valence-electron chi connectivity index (χ2n) is 5.38. The number of morpholine rings is 1. The molecular weight excluding hydrogens is 220 g/mol. The van der Waals surface area contributed by atoms with E-state index in [4.69, 9.17) is 4.74 Å². The van der Waals surface area contributed by atoms with Crippen LogP contribution in [0.15, 0.2) is 0 Å². The van der Waals surface area contributed by atoms with Gasteiger partial charge in [-0.1, -0.05) is 20.8 Å². The minimum atomic E-state index is -0.473. The lowest BCUT2D eigenvalue weighted by atomic mass is 9.95. The number of rotatable bonds is 2. The topological polar surface area (TPSA) is 58.6 Å². The molecule has 0 saturated carbocycles. The maximum Gasteiger partial charge on any atom is 0.245 e. The Morgan fingerprint density at radius 3 is 2.24 bits per heavy atom. The summed E-state index contributed by atoms with van der Waals surface area (Å²) < 4.78 is 5.18. The van der Waals surface area contributed by atoms with Crippen LogP contribution in [0.5, 0.6) is 0 Å². The van der Waals surface area contributed by atoms with E-state index in [1.54, 1.807) is 11.8 Å². The maximum absolute atomic E-state index is 12.0. The Balaban J connectivity index is 2.49. The molecule has 0 aromatic heterocycles. The number of nitrogens with zero attached hydrogens (tertiary/aromatic N) is 1. The molecule has 1 fully saturated rings. The van der Waals surface area contributed by atoms with Crippen LogP contribution in [0.25, 0.3) is 0 Å². The fourth-order valence-corrected chi connectivity index (χ4v) is 1.53. The lowest BCUT2D eigenvalue weighted by Crippen LogP contribution is -2.52. The second-order valence-corrected chi connectivity index (χ2v) is 5.38. The monoisotopic (exact) mass is 242 g/mol. The molecule has 0 bridgehead atoms. The van der Waals surface area contributed by atoms with Crippen LogP contribution in [0.2, 0.25) is 0 Å². The van der Waals surface area contributed by atoms with Gasteiger partial charge in [0.15, 0.2) is 0 Å². The van der Waals surface area contributed by atoms with Crippen molar-refractivity contribution in [2.45, 2.75) is 33.7 Å². The third-order valence-corrected chi connectivity index (χ3v) is 2.72. The number of amides is 2. The molecule has 1 heterocycles. The Kier molecular flexibility index (Phi) is 4.51. The fraction of sp³-hybridized carbons (Fsp3) is 0.833. The fourth-order valence-electron chi connectivity index (χ4n) is 1.53. The van der Waals surface area contributed by atoms with Gasteiger partial charge in [0.2, 0.25) is 11.8 Å². The van der Waals surface area contributed by atoms with Crippen molar-refractivity contribution in [3.8, 4) is 0 Å². The molecule has 2 amide bonds. The van der Waals surface area contributed by atoms with Gasteiger partial charge in [0.1, 0.15) is 6.04 Å². The molecular formula is C12H22N2O3. The Labute approximate surface area is 102 Å². The summed E-state index contributed by atoms with van der Waals surface area (Å²) in [5, 5.41) is 2.75. The molecule has 0 radical (unpaired) electrons. The van der Waals surface area contributed by atoms with Crippen LogP contribution >= 0.6 is 0 Å². The number of nitrogens with one attached hydrogen (secondary N) is 1. The first-order valence-electron chi connectivity index (χ1n) is 6.00. The smallest absolute Gasteiger partial charge is 0.245 e. The van der Waals surface area contributed by atoms with Crippen LogP contribution in [-0.4, -0.2) is 49.1 Å². The number of ether oxygens (including phenoxy) is 1. The normalized spacial score (nSPS) is 18.7. The van der Waals surface area contributed by atoms with Crippen LogP contribution in [0, 0.1) is 5.41 Å². The highest BCUT2D eigenvalue weighted by Crippen LogP contribution is 2.13. The van der Waals surface area contributed by atoms with Gasteiger partial charge in [-0.25, -0.2) is 0 Å². The predicted molar refractivity (Wildman–Crippen MR) is 64.5 cm³/mol. The number of hydrogen-bond donors (Lipinski definition) is 1. The molecule has 0 spiro atoms. The van der Waals surface area contributed by atoms with E-state index in [1.807, 2.05) is 20.8 Å².